The highest BCUT2D eigenvalue weighted by molar-refractivity contribution is 9.10. The first-order valence-electron chi connectivity index (χ1n) is 8.43. The van der Waals surface area contributed by atoms with Crippen LogP contribution in [-0.2, 0) is 9.59 Å². The topological polar surface area (TPSA) is 105 Å². The van der Waals surface area contributed by atoms with E-state index in [1.807, 2.05) is 0 Å². The molecular formula is C20H15BrN2O6S. The summed E-state index contributed by atoms with van der Waals surface area (Å²) in [6, 6.07) is 8.95. The average molecular weight is 491 g/mol. The summed E-state index contributed by atoms with van der Waals surface area (Å²) >= 11 is 8.51. The van der Waals surface area contributed by atoms with Crippen LogP contribution >= 0.6 is 28.1 Å². The lowest BCUT2D eigenvalue weighted by molar-refractivity contribution is -0.122. The molecule has 2 amide bonds. The lowest BCUT2D eigenvalue weighted by Gasteiger charge is -2.29. The summed E-state index contributed by atoms with van der Waals surface area (Å²) in [5, 5.41) is 11.5. The van der Waals surface area contributed by atoms with Crippen molar-refractivity contribution in [3.8, 4) is 11.5 Å². The second-order valence-electron chi connectivity index (χ2n) is 6.04. The summed E-state index contributed by atoms with van der Waals surface area (Å²) in [5.74, 6) is -1.62. The highest BCUT2D eigenvalue weighted by Gasteiger charge is 2.35. The molecule has 10 heteroatoms. The van der Waals surface area contributed by atoms with Crippen molar-refractivity contribution in [2.24, 2.45) is 0 Å². The van der Waals surface area contributed by atoms with Crippen LogP contribution in [0, 0.1) is 0 Å². The molecule has 154 valence electrons. The van der Waals surface area contributed by atoms with Crippen molar-refractivity contribution < 1.29 is 29.0 Å². The Balaban J connectivity index is 2.08. The summed E-state index contributed by atoms with van der Waals surface area (Å²) in [6.45, 7) is 0. The van der Waals surface area contributed by atoms with Crippen molar-refractivity contribution >= 4 is 62.8 Å². The molecule has 30 heavy (non-hydrogen) atoms. The minimum atomic E-state index is -1.15. The summed E-state index contributed by atoms with van der Waals surface area (Å²) in [5.41, 5.74) is 0.459. The van der Waals surface area contributed by atoms with Crippen LogP contribution in [0.2, 0.25) is 0 Å². The van der Waals surface area contributed by atoms with E-state index in [4.69, 9.17) is 21.7 Å². The molecule has 2 N–H and O–H groups in total. The van der Waals surface area contributed by atoms with Crippen LogP contribution in [0.5, 0.6) is 11.5 Å². The van der Waals surface area contributed by atoms with Gasteiger partial charge in [-0.2, -0.15) is 0 Å². The lowest BCUT2D eigenvalue weighted by Crippen LogP contribution is -2.54. The highest BCUT2D eigenvalue weighted by atomic mass is 79.9. The van der Waals surface area contributed by atoms with Crippen LogP contribution in [0.3, 0.4) is 0 Å². The number of hydrogen-bond acceptors (Lipinski definition) is 6. The molecule has 3 rings (SSSR count). The van der Waals surface area contributed by atoms with Crippen molar-refractivity contribution in [3.63, 3.8) is 0 Å². The van der Waals surface area contributed by atoms with Gasteiger partial charge in [-0.1, -0.05) is 6.07 Å². The van der Waals surface area contributed by atoms with Gasteiger partial charge in [-0.3, -0.25) is 19.8 Å². The molecule has 1 fully saturated rings. The maximum absolute atomic E-state index is 13.1. The van der Waals surface area contributed by atoms with E-state index in [0.29, 0.717) is 21.5 Å². The van der Waals surface area contributed by atoms with Gasteiger partial charge in [0.15, 0.2) is 5.11 Å². The number of methoxy groups -OCH3 is 2. The van der Waals surface area contributed by atoms with E-state index in [9.17, 15) is 19.5 Å². The zero-order valence-electron chi connectivity index (χ0n) is 15.8. The Hall–Kier alpha value is -3.24. The Bertz CT molecular complexity index is 1110. The van der Waals surface area contributed by atoms with Gasteiger partial charge in [0.05, 0.1) is 29.9 Å². The average Bonchev–Trinajstić information content (AvgIpc) is 2.71. The van der Waals surface area contributed by atoms with Gasteiger partial charge < -0.3 is 14.6 Å². The second-order valence-corrected chi connectivity index (χ2v) is 7.28. The first-order valence-corrected chi connectivity index (χ1v) is 9.63. The number of nitrogens with zero attached hydrogens (tertiary/aromatic N) is 1. The summed E-state index contributed by atoms with van der Waals surface area (Å²) < 4.78 is 11.2. The van der Waals surface area contributed by atoms with Crippen LogP contribution in [0.4, 0.5) is 5.69 Å². The minimum Gasteiger partial charge on any atom is -0.496 e. The van der Waals surface area contributed by atoms with E-state index < -0.39 is 17.8 Å². The number of benzene rings is 2. The molecule has 0 saturated carbocycles. The Morgan fingerprint density at radius 1 is 1.17 bits per heavy atom. The zero-order valence-corrected chi connectivity index (χ0v) is 18.2. The normalized spacial score (nSPS) is 15.2. The molecule has 0 aliphatic carbocycles. The predicted octanol–water partition coefficient (Wildman–Crippen LogP) is 3.00. The number of carbonyl (C=O) groups excluding carboxylic acids is 2. The van der Waals surface area contributed by atoms with Gasteiger partial charge >= 0.3 is 5.97 Å². The van der Waals surface area contributed by atoms with Crippen molar-refractivity contribution in [2.75, 3.05) is 19.1 Å². The van der Waals surface area contributed by atoms with Gasteiger partial charge in [-0.15, -0.1) is 0 Å². The molecular weight excluding hydrogens is 476 g/mol. The second kappa shape index (κ2) is 8.64. The fraction of sp³-hybridized carbons (Fsp3) is 0.100. The number of halogens is 1. The van der Waals surface area contributed by atoms with E-state index in [-0.39, 0.29) is 21.9 Å². The third-order valence-electron chi connectivity index (χ3n) is 4.26. The van der Waals surface area contributed by atoms with E-state index >= 15 is 0 Å². The highest BCUT2D eigenvalue weighted by Crippen LogP contribution is 2.34. The molecule has 1 aliphatic heterocycles. The number of aromatic carboxylic acids is 1. The quantitative estimate of drug-likeness (QED) is 0.377. The van der Waals surface area contributed by atoms with E-state index in [0.717, 1.165) is 4.90 Å². The first kappa shape index (κ1) is 21.5. The fourth-order valence-electron chi connectivity index (χ4n) is 2.82. The van der Waals surface area contributed by atoms with Crippen molar-refractivity contribution in [3.05, 3.63) is 57.6 Å². The molecule has 2 aromatic rings. The van der Waals surface area contributed by atoms with E-state index in [2.05, 4.69) is 21.2 Å². The summed E-state index contributed by atoms with van der Waals surface area (Å²) in [4.78, 5) is 38.0. The van der Waals surface area contributed by atoms with Gasteiger partial charge in [0.25, 0.3) is 11.8 Å². The largest absolute Gasteiger partial charge is 0.496 e. The number of hydrogen-bond donors (Lipinski definition) is 2. The SMILES string of the molecule is COc1cc(OC)c(C=C2C(=O)NC(=S)N(c3cccc(C(=O)O)c3)C2=O)cc1Br. The molecule has 8 nitrogen and oxygen atoms in total. The maximum Gasteiger partial charge on any atom is 0.335 e. The lowest BCUT2D eigenvalue weighted by atomic mass is 10.1. The molecule has 1 aliphatic rings. The molecule has 1 heterocycles. The number of nitrogens with one attached hydrogen (secondary N) is 1. The standard InChI is InChI=1S/C20H15BrN2O6S/c1-28-15-9-16(29-2)14(21)8-11(15)7-13-17(24)22-20(30)23(18(13)25)12-5-3-4-10(6-12)19(26)27/h3-9H,1-2H3,(H,26,27)(H,22,24,30). The maximum atomic E-state index is 13.1. The van der Waals surface area contributed by atoms with E-state index in [1.165, 1.54) is 44.6 Å². The number of carboxylic acid groups (broad SMARTS) is 1. The Kier molecular flexibility index (Phi) is 6.18. The zero-order chi connectivity index (χ0) is 22.0. The monoisotopic (exact) mass is 490 g/mol. The molecule has 0 bridgehead atoms. The molecule has 0 spiro atoms. The number of thiocarbonyl (C=S) groups is 1. The van der Waals surface area contributed by atoms with E-state index in [1.54, 1.807) is 12.1 Å². The number of carboxylic acids is 1. The van der Waals surface area contributed by atoms with Crippen LogP contribution < -0.4 is 19.7 Å². The molecule has 0 aromatic heterocycles. The van der Waals surface area contributed by atoms with Crippen LogP contribution in [-0.4, -0.2) is 42.2 Å². The van der Waals surface area contributed by atoms with Gasteiger partial charge in [-0.25, -0.2) is 4.79 Å². The first-order chi connectivity index (χ1) is 14.3. The van der Waals surface area contributed by atoms with Gasteiger partial charge in [0.2, 0.25) is 0 Å². The number of anilines is 1. The summed E-state index contributed by atoms with van der Waals surface area (Å²) in [6.07, 6.45) is 1.37. The number of rotatable bonds is 5. The van der Waals surface area contributed by atoms with Crippen LogP contribution in [0.25, 0.3) is 6.08 Å². The number of amides is 2. The van der Waals surface area contributed by atoms with Gasteiger partial charge in [-0.05, 0) is 58.5 Å². The van der Waals surface area contributed by atoms with Gasteiger partial charge in [0, 0.05) is 11.6 Å². The Morgan fingerprint density at radius 3 is 2.50 bits per heavy atom. The van der Waals surface area contributed by atoms with Crippen molar-refractivity contribution in [1.82, 2.24) is 5.32 Å². The summed E-state index contributed by atoms with van der Waals surface area (Å²) in [7, 11) is 2.95. The third kappa shape index (κ3) is 4.05. The van der Waals surface area contributed by atoms with Crippen molar-refractivity contribution in [1.29, 1.82) is 0 Å². The smallest absolute Gasteiger partial charge is 0.335 e. The molecule has 0 unspecified atom stereocenters. The van der Waals surface area contributed by atoms with Crippen LogP contribution in [0.15, 0.2) is 46.4 Å². The number of carbonyl (C=O) groups is 3. The Morgan fingerprint density at radius 2 is 1.87 bits per heavy atom. The molecule has 2 aromatic carbocycles. The molecule has 0 atom stereocenters. The Labute approximate surface area is 185 Å². The number of ether oxygens (including phenoxy) is 2. The van der Waals surface area contributed by atoms with Gasteiger partial charge in [0.1, 0.15) is 17.1 Å². The predicted molar refractivity (Wildman–Crippen MR) is 117 cm³/mol. The van der Waals surface area contributed by atoms with Crippen molar-refractivity contribution in [2.45, 2.75) is 0 Å². The third-order valence-corrected chi connectivity index (χ3v) is 5.16. The minimum absolute atomic E-state index is 0.0220. The molecule has 1 saturated heterocycles. The molecule has 0 radical (unpaired) electrons. The van der Waals surface area contributed by atoms with Crippen LogP contribution in [0.1, 0.15) is 15.9 Å². The fourth-order valence-corrected chi connectivity index (χ4v) is 3.63.